The Labute approximate surface area is 134 Å². The Balaban J connectivity index is 2.77. The molecule has 1 aromatic rings. The van der Waals surface area contributed by atoms with Crippen LogP contribution in [-0.2, 0) is 11.3 Å². The lowest BCUT2D eigenvalue weighted by Crippen LogP contribution is -2.35. The van der Waals surface area contributed by atoms with E-state index in [-0.39, 0.29) is 11.0 Å². The third-order valence-corrected chi connectivity index (χ3v) is 3.76. The Hall–Kier alpha value is -0.920. The Morgan fingerprint density at radius 3 is 2.71 bits per heavy atom. The topological polar surface area (TPSA) is 59.4 Å². The lowest BCUT2D eigenvalue weighted by atomic mass is 9.93. The fraction of sp³-hybridized carbons (Fsp3) is 0.714. The number of aromatic nitrogens is 2. The number of halogens is 1. The van der Waals surface area contributed by atoms with Crippen molar-refractivity contribution >= 4 is 21.6 Å². The van der Waals surface area contributed by atoms with Crippen LogP contribution in [0.4, 0.5) is 5.69 Å². The van der Waals surface area contributed by atoms with Gasteiger partial charge in [-0.05, 0) is 35.4 Å². The monoisotopic (exact) mass is 360 g/mol. The molecular formula is C14H25BrN4O2. The molecule has 0 aliphatic carbocycles. The molecule has 1 heterocycles. The van der Waals surface area contributed by atoms with Gasteiger partial charge in [-0.2, -0.15) is 5.10 Å². The van der Waals surface area contributed by atoms with Gasteiger partial charge in [-0.15, -0.1) is 0 Å². The van der Waals surface area contributed by atoms with Crippen molar-refractivity contribution in [2.75, 3.05) is 46.2 Å². The summed E-state index contributed by atoms with van der Waals surface area (Å²) in [7, 11) is 5.70. The number of ether oxygens (including phenoxy) is 1. The number of hydrogen-bond acceptors (Lipinski definition) is 5. The average Bonchev–Trinajstić information content (AvgIpc) is 2.38. The molecule has 0 saturated carbocycles. The molecule has 0 aliphatic heterocycles. The van der Waals surface area contributed by atoms with Crippen molar-refractivity contribution in [3.05, 3.63) is 21.0 Å². The molecule has 0 spiro atoms. The first-order valence-corrected chi connectivity index (χ1v) is 7.69. The maximum Gasteiger partial charge on any atom is 0.283 e. The van der Waals surface area contributed by atoms with Crippen molar-refractivity contribution in [3.8, 4) is 0 Å². The summed E-state index contributed by atoms with van der Waals surface area (Å²) in [5, 5.41) is 7.46. The van der Waals surface area contributed by atoms with E-state index in [1.165, 1.54) is 4.68 Å². The first-order valence-electron chi connectivity index (χ1n) is 6.90. The Morgan fingerprint density at radius 2 is 2.14 bits per heavy atom. The summed E-state index contributed by atoms with van der Waals surface area (Å²) in [5.41, 5.74) is 0.663. The molecule has 6 nitrogen and oxygen atoms in total. The van der Waals surface area contributed by atoms with Crippen LogP contribution < -0.4 is 10.9 Å². The van der Waals surface area contributed by atoms with Crippen LogP contribution in [0.5, 0.6) is 0 Å². The van der Waals surface area contributed by atoms with Gasteiger partial charge in [-0.1, -0.05) is 13.8 Å². The van der Waals surface area contributed by atoms with Crippen LogP contribution >= 0.6 is 15.9 Å². The maximum atomic E-state index is 12.1. The number of anilines is 1. The van der Waals surface area contributed by atoms with E-state index in [4.69, 9.17) is 4.74 Å². The van der Waals surface area contributed by atoms with Gasteiger partial charge in [0.1, 0.15) is 4.47 Å². The van der Waals surface area contributed by atoms with Gasteiger partial charge in [-0.25, -0.2) is 4.68 Å². The lowest BCUT2D eigenvalue weighted by molar-refractivity contribution is 0.181. The highest BCUT2D eigenvalue weighted by Crippen LogP contribution is 2.21. The summed E-state index contributed by atoms with van der Waals surface area (Å²) in [4.78, 5) is 14.3. The van der Waals surface area contributed by atoms with Gasteiger partial charge in [0.2, 0.25) is 0 Å². The average molecular weight is 361 g/mol. The molecule has 0 aliphatic rings. The number of rotatable bonds is 8. The summed E-state index contributed by atoms with van der Waals surface area (Å²) in [6, 6.07) is 0. The fourth-order valence-corrected chi connectivity index (χ4v) is 2.62. The zero-order chi connectivity index (χ0) is 16.0. The molecule has 1 aromatic heterocycles. The second-order valence-corrected chi connectivity index (χ2v) is 6.94. The number of nitrogens with one attached hydrogen (secondary N) is 1. The van der Waals surface area contributed by atoms with Crippen molar-refractivity contribution in [2.45, 2.75) is 20.4 Å². The van der Waals surface area contributed by atoms with E-state index in [0.717, 1.165) is 18.8 Å². The first kappa shape index (κ1) is 18.1. The highest BCUT2D eigenvalue weighted by Gasteiger charge is 2.19. The highest BCUT2D eigenvalue weighted by atomic mass is 79.9. The number of methoxy groups -OCH3 is 1. The molecule has 0 amide bonds. The van der Waals surface area contributed by atoms with Gasteiger partial charge in [0.15, 0.2) is 0 Å². The van der Waals surface area contributed by atoms with E-state index in [1.807, 2.05) is 0 Å². The summed E-state index contributed by atoms with van der Waals surface area (Å²) in [6.07, 6.45) is 1.67. The second kappa shape index (κ2) is 7.91. The molecule has 0 aromatic carbocycles. The van der Waals surface area contributed by atoms with E-state index in [2.05, 4.69) is 59.2 Å². The van der Waals surface area contributed by atoms with Crippen LogP contribution in [0.3, 0.4) is 0 Å². The normalized spacial score (nSPS) is 12.0. The molecule has 7 heteroatoms. The molecule has 0 unspecified atom stereocenters. The van der Waals surface area contributed by atoms with Gasteiger partial charge < -0.3 is 15.0 Å². The molecule has 1 N–H and O–H groups in total. The second-order valence-electron chi connectivity index (χ2n) is 6.15. The minimum absolute atomic E-state index is 0.0911. The SMILES string of the molecule is COCCn1ncc(NCC(C)(C)CN(C)C)c(Br)c1=O. The van der Waals surface area contributed by atoms with Crippen LogP contribution in [0.1, 0.15) is 13.8 Å². The standard InChI is InChI=1S/C14H25BrN4O2/c1-14(2,10-18(3)4)9-16-11-8-17-19(6-7-21-5)13(20)12(11)15/h8,16H,6-7,9-10H2,1-5H3. The van der Waals surface area contributed by atoms with E-state index in [9.17, 15) is 4.79 Å². The molecule has 0 fully saturated rings. The Morgan fingerprint density at radius 1 is 1.48 bits per heavy atom. The van der Waals surface area contributed by atoms with Crippen molar-refractivity contribution in [1.29, 1.82) is 0 Å². The maximum absolute atomic E-state index is 12.1. The largest absolute Gasteiger partial charge is 0.383 e. The van der Waals surface area contributed by atoms with Crippen LogP contribution in [0.2, 0.25) is 0 Å². The predicted octanol–water partition coefficient (Wildman–Crippen LogP) is 1.65. The predicted molar refractivity (Wildman–Crippen MR) is 88.9 cm³/mol. The van der Waals surface area contributed by atoms with Crippen molar-refractivity contribution in [3.63, 3.8) is 0 Å². The van der Waals surface area contributed by atoms with Crippen molar-refractivity contribution < 1.29 is 4.74 Å². The van der Waals surface area contributed by atoms with Crippen LogP contribution in [-0.4, -0.2) is 55.6 Å². The zero-order valence-electron chi connectivity index (χ0n) is 13.4. The summed E-state index contributed by atoms with van der Waals surface area (Å²) in [6.45, 7) is 6.98. The minimum Gasteiger partial charge on any atom is -0.383 e. The lowest BCUT2D eigenvalue weighted by Gasteiger charge is -2.29. The van der Waals surface area contributed by atoms with Gasteiger partial charge in [0, 0.05) is 20.2 Å². The molecule has 120 valence electrons. The number of nitrogens with zero attached hydrogens (tertiary/aromatic N) is 3. The van der Waals surface area contributed by atoms with E-state index in [1.54, 1.807) is 13.3 Å². The Bertz CT molecular complexity index is 514. The smallest absolute Gasteiger partial charge is 0.283 e. The van der Waals surface area contributed by atoms with E-state index >= 15 is 0 Å². The molecule has 0 atom stereocenters. The van der Waals surface area contributed by atoms with Crippen LogP contribution in [0.15, 0.2) is 15.5 Å². The van der Waals surface area contributed by atoms with Crippen molar-refractivity contribution in [2.24, 2.45) is 5.41 Å². The Kier molecular flexibility index (Phi) is 6.83. The van der Waals surface area contributed by atoms with Gasteiger partial charge in [0.05, 0.1) is 25.0 Å². The fourth-order valence-electron chi connectivity index (χ4n) is 2.17. The quantitative estimate of drug-likeness (QED) is 0.763. The number of hydrogen-bond donors (Lipinski definition) is 1. The van der Waals surface area contributed by atoms with Crippen molar-refractivity contribution in [1.82, 2.24) is 14.7 Å². The van der Waals surface area contributed by atoms with Gasteiger partial charge >= 0.3 is 0 Å². The van der Waals surface area contributed by atoms with E-state index in [0.29, 0.717) is 17.6 Å². The summed E-state index contributed by atoms with van der Waals surface area (Å²) >= 11 is 3.35. The molecule has 1 rings (SSSR count). The van der Waals surface area contributed by atoms with Gasteiger partial charge in [0.25, 0.3) is 5.56 Å². The van der Waals surface area contributed by atoms with Crippen LogP contribution in [0.25, 0.3) is 0 Å². The molecule has 0 radical (unpaired) electrons. The summed E-state index contributed by atoms with van der Waals surface area (Å²) in [5.74, 6) is 0. The minimum atomic E-state index is -0.150. The van der Waals surface area contributed by atoms with Crippen LogP contribution in [0, 0.1) is 5.41 Å². The molecular weight excluding hydrogens is 336 g/mol. The van der Waals surface area contributed by atoms with E-state index < -0.39 is 0 Å². The molecule has 21 heavy (non-hydrogen) atoms. The molecule has 0 saturated heterocycles. The molecule has 0 bridgehead atoms. The highest BCUT2D eigenvalue weighted by molar-refractivity contribution is 9.10. The van der Waals surface area contributed by atoms with Gasteiger partial charge in [-0.3, -0.25) is 4.79 Å². The third-order valence-electron chi connectivity index (χ3n) is 2.99. The third kappa shape index (κ3) is 5.76. The first-order chi connectivity index (χ1) is 9.76. The summed E-state index contributed by atoms with van der Waals surface area (Å²) < 4.78 is 6.87. The zero-order valence-corrected chi connectivity index (χ0v) is 15.0.